The van der Waals surface area contributed by atoms with Gasteiger partial charge in [0.2, 0.25) is 0 Å². The van der Waals surface area contributed by atoms with E-state index >= 15 is 0 Å². The quantitative estimate of drug-likeness (QED) is 0.134. The Morgan fingerprint density at radius 2 is 1.28 bits per heavy atom. The molecule has 1 aromatic carbocycles. The Hall–Kier alpha value is -3.84. The zero-order chi connectivity index (χ0) is 24.7. The highest BCUT2D eigenvalue weighted by molar-refractivity contribution is 5.94. The van der Waals surface area contributed by atoms with Crippen molar-refractivity contribution in [3.05, 3.63) is 59.2 Å². The van der Waals surface area contributed by atoms with Crippen molar-refractivity contribution in [3.63, 3.8) is 0 Å². The molecular weight excluding hydrogens is 432 g/mol. The number of ether oxygens (including phenoxy) is 1. The Morgan fingerprint density at radius 1 is 0.781 bits per heavy atom. The molecule has 0 aliphatic carbocycles. The van der Waals surface area contributed by atoms with Crippen LogP contribution < -0.4 is 0 Å². The lowest BCUT2D eigenvalue weighted by Gasteiger charge is -2.02. The summed E-state index contributed by atoms with van der Waals surface area (Å²) in [6, 6.07) is 6.79. The third-order valence-electron chi connectivity index (χ3n) is 3.12. The number of esters is 1. The van der Waals surface area contributed by atoms with Crippen molar-refractivity contribution < 1.29 is 59.7 Å². The smallest absolute Gasteiger partial charge is 0.332 e. The van der Waals surface area contributed by atoms with Crippen LogP contribution in [0.5, 0.6) is 0 Å². The monoisotopic (exact) mass is 454 g/mol. The molecule has 0 saturated heterocycles. The number of hydrogen-bond donors (Lipinski definition) is 7. The first-order chi connectivity index (χ1) is 14.9. The van der Waals surface area contributed by atoms with E-state index in [1.807, 2.05) is 0 Å². The number of hydrogen-bond acceptors (Lipinski definition) is 9. The molecule has 0 fully saturated rings. The molecule has 0 saturated carbocycles. The average Bonchev–Trinajstić information content (AvgIpc) is 2.69. The van der Waals surface area contributed by atoms with Crippen molar-refractivity contribution in [1.82, 2.24) is 0 Å². The second kappa shape index (κ2) is 15.0. The molecule has 7 N–H and O–H groups in total. The van der Waals surface area contributed by atoms with Gasteiger partial charge in [-0.3, -0.25) is 0 Å². The van der Waals surface area contributed by atoms with Gasteiger partial charge < -0.3 is 40.5 Å². The number of carbonyl (C=O) groups excluding carboxylic acids is 1. The fourth-order valence-electron chi connectivity index (χ4n) is 1.81. The second-order valence-corrected chi connectivity index (χ2v) is 5.78. The minimum absolute atomic E-state index is 0.418. The van der Waals surface area contributed by atoms with Gasteiger partial charge in [-0.25, -0.2) is 19.2 Å². The van der Waals surface area contributed by atoms with E-state index in [9.17, 15) is 19.2 Å². The lowest BCUT2D eigenvalue weighted by Crippen LogP contribution is -2.16. The first-order valence-corrected chi connectivity index (χ1v) is 8.65. The van der Waals surface area contributed by atoms with Gasteiger partial charge in [-0.2, -0.15) is 0 Å². The summed E-state index contributed by atoms with van der Waals surface area (Å²) >= 11 is 0. The fraction of sp³-hybridized carbons (Fsp3) is 0.200. The molecule has 0 unspecified atom stereocenters. The van der Waals surface area contributed by atoms with Crippen LogP contribution in [0, 0.1) is 0 Å². The van der Waals surface area contributed by atoms with Gasteiger partial charge in [-0.1, -0.05) is 24.3 Å². The number of rotatable bonds is 10. The van der Waals surface area contributed by atoms with E-state index < -0.39 is 55.1 Å². The van der Waals surface area contributed by atoms with Crippen LogP contribution in [0.2, 0.25) is 0 Å². The lowest BCUT2D eigenvalue weighted by molar-refractivity contribution is -0.150. The van der Waals surface area contributed by atoms with Gasteiger partial charge in [0.25, 0.3) is 0 Å². The largest absolute Gasteiger partial charge is 0.478 e. The van der Waals surface area contributed by atoms with Crippen LogP contribution in [0.25, 0.3) is 12.2 Å². The van der Waals surface area contributed by atoms with E-state index in [2.05, 4.69) is 4.74 Å². The highest BCUT2D eigenvalue weighted by Gasteiger charge is 2.12. The van der Waals surface area contributed by atoms with Crippen LogP contribution in [-0.2, 0) is 23.9 Å². The summed E-state index contributed by atoms with van der Waals surface area (Å²) in [5.74, 6) is -4.63. The molecule has 0 bridgehead atoms. The topological polar surface area (TPSA) is 219 Å². The molecule has 12 nitrogen and oxygen atoms in total. The first kappa shape index (κ1) is 28.2. The SMILES string of the molecule is O=C(O)C=C(CC(O)O)C(=O)O.O=C(O)C=Cc1ccc(C=CC(=O)OCC(O)O)cc1. The Bertz CT molecular complexity index is 863. The molecule has 0 amide bonds. The molecule has 1 rings (SSSR count). The first-order valence-electron chi connectivity index (χ1n) is 8.65. The Kier molecular flexibility index (Phi) is 13.2. The average molecular weight is 454 g/mol. The predicted octanol–water partition coefficient (Wildman–Crippen LogP) is -0.566. The lowest BCUT2D eigenvalue weighted by atomic mass is 10.1. The third-order valence-corrected chi connectivity index (χ3v) is 3.12. The van der Waals surface area contributed by atoms with E-state index in [0.29, 0.717) is 6.08 Å². The summed E-state index contributed by atoms with van der Waals surface area (Å²) in [5, 5.41) is 58.7. The highest BCUT2D eigenvalue weighted by Crippen LogP contribution is 2.08. The molecule has 0 spiro atoms. The zero-order valence-electron chi connectivity index (χ0n) is 16.4. The number of carbonyl (C=O) groups is 4. The summed E-state index contributed by atoms with van der Waals surface area (Å²) < 4.78 is 4.51. The maximum absolute atomic E-state index is 11.2. The zero-order valence-corrected chi connectivity index (χ0v) is 16.4. The number of carboxylic acid groups (broad SMARTS) is 3. The highest BCUT2D eigenvalue weighted by atomic mass is 16.6. The summed E-state index contributed by atoms with van der Waals surface area (Å²) in [6.07, 6.45) is 1.40. The minimum atomic E-state index is -1.85. The van der Waals surface area contributed by atoms with Crippen molar-refractivity contribution in [2.45, 2.75) is 19.0 Å². The normalized spacial score (nSPS) is 11.5. The minimum Gasteiger partial charge on any atom is -0.478 e. The van der Waals surface area contributed by atoms with E-state index in [1.165, 1.54) is 12.2 Å². The molecule has 0 aromatic heterocycles. The van der Waals surface area contributed by atoms with Gasteiger partial charge in [0.15, 0.2) is 12.6 Å². The van der Waals surface area contributed by atoms with Crippen LogP contribution in [0.4, 0.5) is 0 Å². The van der Waals surface area contributed by atoms with Gasteiger partial charge >= 0.3 is 23.9 Å². The molecule has 0 radical (unpaired) electrons. The van der Waals surface area contributed by atoms with E-state index in [1.54, 1.807) is 24.3 Å². The van der Waals surface area contributed by atoms with Gasteiger partial charge in [-0.05, 0) is 23.3 Å². The van der Waals surface area contributed by atoms with Gasteiger partial charge in [0, 0.05) is 30.2 Å². The predicted molar refractivity (Wildman–Crippen MR) is 108 cm³/mol. The van der Waals surface area contributed by atoms with Gasteiger partial charge in [-0.15, -0.1) is 0 Å². The molecule has 32 heavy (non-hydrogen) atoms. The number of aliphatic hydroxyl groups is 4. The standard InChI is InChI=1S/C14H14O6.C6H8O6/c15-12(16)7-5-10-1-3-11(4-2-10)6-8-14(19)20-9-13(17)18;7-4(8)1-3(6(11)12)2-5(9)10/h1-8,13,17-18H,9H2,(H,15,16);1,5,9-10H,2H2,(H,7,8)(H,11,12). The maximum Gasteiger partial charge on any atom is 0.332 e. The van der Waals surface area contributed by atoms with Crippen LogP contribution in [0.15, 0.2) is 48.1 Å². The summed E-state index contributed by atoms with van der Waals surface area (Å²) in [5.41, 5.74) is 0.881. The van der Waals surface area contributed by atoms with Crippen molar-refractivity contribution in [2.75, 3.05) is 6.61 Å². The van der Waals surface area contributed by atoms with Crippen molar-refractivity contribution in [3.8, 4) is 0 Å². The Labute approximate surface area is 181 Å². The molecule has 0 atom stereocenters. The molecule has 0 aliphatic heterocycles. The summed E-state index contributed by atoms with van der Waals surface area (Å²) in [7, 11) is 0. The molecule has 174 valence electrons. The van der Waals surface area contributed by atoms with Crippen molar-refractivity contribution >= 4 is 36.0 Å². The molecule has 1 aromatic rings. The number of aliphatic hydroxyl groups excluding tert-OH is 2. The van der Waals surface area contributed by atoms with Crippen LogP contribution in [-0.4, -0.2) is 78.8 Å². The van der Waals surface area contributed by atoms with Crippen molar-refractivity contribution in [1.29, 1.82) is 0 Å². The van der Waals surface area contributed by atoms with E-state index in [0.717, 1.165) is 23.3 Å². The molecular formula is C20H22O12. The Morgan fingerprint density at radius 3 is 1.66 bits per heavy atom. The van der Waals surface area contributed by atoms with Crippen LogP contribution in [0.3, 0.4) is 0 Å². The fourth-order valence-corrected chi connectivity index (χ4v) is 1.81. The number of benzene rings is 1. The molecule has 12 heteroatoms. The van der Waals surface area contributed by atoms with Crippen LogP contribution >= 0.6 is 0 Å². The van der Waals surface area contributed by atoms with E-state index in [4.69, 9.17) is 35.7 Å². The van der Waals surface area contributed by atoms with Gasteiger partial charge in [0.05, 0.1) is 0 Å². The molecule has 0 aliphatic rings. The second-order valence-electron chi connectivity index (χ2n) is 5.78. The maximum atomic E-state index is 11.2. The molecule has 0 heterocycles. The Balaban J connectivity index is 0.000000687. The number of aliphatic carboxylic acids is 3. The summed E-state index contributed by atoms with van der Waals surface area (Å²) in [6.45, 7) is -0.484. The third kappa shape index (κ3) is 15.1. The number of carboxylic acids is 3. The summed E-state index contributed by atoms with van der Waals surface area (Å²) in [4.78, 5) is 41.7. The van der Waals surface area contributed by atoms with Crippen LogP contribution in [0.1, 0.15) is 17.5 Å². The van der Waals surface area contributed by atoms with E-state index in [-0.39, 0.29) is 0 Å². The van der Waals surface area contributed by atoms with Crippen molar-refractivity contribution in [2.24, 2.45) is 0 Å². The van der Waals surface area contributed by atoms with Gasteiger partial charge in [0.1, 0.15) is 6.61 Å².